The Morgan fingerprint density at radius 1 is 1.06 bits per heavy atom. The second kappa shape index (κ2) is 10.1. The molecule has 0 radical (unpaired) electrons. The minimum atomic E-state index is -0.819. The number of carboxylic acid groups (broad SMARTS) is 1. The Balaban J connectivity index is 1.33. The lowest BCUT2D eigenvalue weighted by atomic mass is 9.93. The molecule has 1 aliphatic carbocycles. The number of likely N-dealkylation sites (tertiary alicyclic amines) is 1. The molecule has 0 saturated carbocycles. The molecule has 174 valence electrons. The molecule has 0 bridgehead atoms. The number of fused-ring (bicyclic) bond motifs is 3. The molecule has 1 fully saturated rings. The highest BCUT2D eigenvalue weighted by Crippen LogP contribution is 2.44. The Kier molecular flexibility index (Phi) is 6.96. The van der Waals surface area contributed by atoms with Gasteiger partial charge in [-0.25, -0.2) is 4.79 Å². The van der Waals surface area contributed by atoms with Crippen LogP contribution < -0.4 is 5.32 Å². The van der Waals surface area contributed by atoms with Crippen molar-refractivity contribution in [2.75, 3.05) is 19.7 Å². The smallest absolute Gasteiger partial charge is 0.407 e. The van der Waals surface area contributed by atoms with Crippen LogP contribution in [0.5, 0.6) is 0 Å². The van der Waals surface area contributed by atoms with E-state index in [2.05, 4.69) is 29.6 Å². The summed E-state index contributed by atoms with van der Waals surface area (Å²) in [6.07, 6.45) is 1.36. The number of aliphatic carboxylic acids is 1. The summed E-state index contributed by atoms with van der Waals surface area (Å²) in [6.45, 7) is 3.25. The minimum absolute atomic E-state index is 0.0335. The van der Waals surface area contributed by atoms with Crippen molar-refractivity contribution in [2.45, 2.75) is 44.6 Å². The maximum absolute atomic E-state index is 12.9. The number of carbonyl (C=O) groups excluding carboxylic acids is 2. The van der Waals surface area contributed by atoms with E-state index in [1.165, 1.54) is 0 Å². The molecule has 1 heterocycles. The predicted octanol–water partition coefficient (Wildman–Crippen LogP) is 4.02. The van der Waals surface area contributed by atoms with E-state index in [4.69, 9.17) is 9.84 Å². The molecule has 7 heteroatoms. The van der Waals surface area contributed by atoms with Gasteiger partial charge >= 0.3 is 12.1 Å². The zero-order chi connectivity index (χ0) is 23.4. The van der Waals surface area contributed by atoms with Gasteiger partial charge in [-0.2, -0.15) is 0 Å². The summed E-state index contributed by atoms with van der Waals surface area (Å²) in [6, 6.07) is 15.7. The first-order valence-corrected chi connectivity index (χ1v) is 11.6. The fourth-order valence-electron chi connectivity index (χ4n) is 4.81. The molecule has 33 heavy (non-hydrogen) atoms. The molecule has 2 aliphatic rings. The topological polar surface area (TPSA) is 95.9 Å². The molecule has 2 aromatic carbocycles. The van der Waals surface area contributed by atoms with Gasteiger partial charge in [-0.1, -0.05) is 61.9 Å². The number of rotatable bonds is 9. The number of nitrogens with one attached hydrogen (secondary N) is 1. The Bertz CT molecular complexity index is 985. The van der Waals surface area contributed by atoms with Crippen LogP contribution in [0.4, 0.5) is 4.79 Å². The summed E-state index contributed by atoms with van der Waals surface area (Å²) in [7, 11) is 0. The van der Waals surface area contributed by atoms with Crippen molar-refractivity contribution >= 4 is 18.0 Å². The van der Waals surface area contributed by atoms with E-state index in [0.29, 0.717) is 25.9 Å². The standard InChI is InChI=1S/C26H30N2O5/c1-2-7-23(25(31)28-14-17(15-28)12-13-24(29)30)27-26(32)33-16-22-20-10-5-3-8-18(20)19-9-4-6-11-21(19)22/h3-6,8-11,17,22-23H,2,7,12-16H2,1H3,(H,27,32)(H,29,30)/t23-/m0/s1. The van der Waals surface area contributed by atoms with E-state index in [0.717, 1.165) is 28.7 Å². The molecule has 2 N–H and O–H groups in total. The van der Waals surface area contributed by atoms with Crippen molar-refractivity contribution in [3.63, 3.8) is 0 Å². The van der Waals surface area contributed by atoms with Gasteiger partial charge in [-0.15, -0.1) is 0 Å². The van der Waals surface area contributed by atoms with Gasteiger partial charge in [0, 0.05) is 25.4 Å². The van der Waals surface area contributed by atoms with E-state index in [1.54, 1.807) is 4.90 Å². The minimum Gasteiger partial charge on any atom is -0.481 e. The molecule has 0 unspecified atom stereocenters. The fraction of sp³-hybridized carbons (Fsp3) is 0.423. The number of hydrogen-bond donors (Lipinski definition) is 2. The Morgan fingerprint density at radius 2 is 1.67 bits per heavy atom. The number of amides is 2. The van der Waals surface area contributed by atoms with Crippen LogP contribution in [0.25, 0.3) is 11.1 Å². The van der Waals surface area contributed by atoms with Gasteiger partial charge in [0.15, 0.2) is 0 Å². The van der Waals surface area contributed by atoms with E-state index in [9.17, 15) is 14.4 Å². The van der Waals surface area contributed by atoms with Gasteiger partial charge < -0.3 is 20.1 Å². The van der Waals surface area contributed by atoms with Crippen LogP contribution in [0.15, 0.2) is 48.5 Å². The van der Waals surface area contributed by atoms with Gasteiger partial charge in [0.2, 0.25) is 5.91 Å². The molecule has 2 aromatic rings. The zero-order valence-corrected chi connectivity index (χ0v) is 18.8. The zero-order valence-electron chi connectivity index (χ0n) is 18.8. The molecular weight excluding hydrogens is 420 g/mol. The second-order valence-electron chi connectivity index (χ2n) is 8.85. The van der Waals surface area contributed by atoms with Crippen molar-refractivity contribution in [1.82, 2.24) is 10.2 Å². The summed E-state index contributed by atoms with van der Waals surface area (Å²) < 4.78 is 5.60. The summed E-state index contributed by atoms with van der Waals surface area (Å²) in [5.74, 6) is -0.770. The normalized spacial score (nSPS) is 15.8. The third kappa shape index (κ3) is 5.02. The van der Waals surface area contributed by atoms with Gasteiger partial charge in [-0.3, -0.25) is 9.59 Å². The van der Waals surface area contributed by atoms with Crippen molar-refractivity contribution < 1.29 is 24.2 Å². The fourth-order valence-corrected chi connectivity index (χ4v) is 4.81. The monoisotopic (exact) mass is 450 g/mol. The molecule has 1 atom stereocenters. The molecule has 2 amide bonds. The maximum Gasteiger partial charge on any atom is 0.407 e. The first kappa shape index (κ1) is 22.8. The predicted molar refractivity (Wildman–Crippen MR) is 124 cm³/mol. The summed E-state index contributed by atoms with van der Waals surface area (Å²) >= 11 is 0. The van der Waals surface area contributed by atoms with Gasteiger partial charge in [0.25, 0.3) is 0 Å². The molecular formula is C26H30N2O5. The number of hydrogen-bond acceptors (Lipinski definition) is 4. The average Bonchev–Trinajstić information content (AvgIpc) is 3.10. The van der Waals surface area contributed by atoms with Crippen LogP contribution in [-0.4, -0.2) is 53.7 Å². The highest BCUT2D eigenvalue weighted by atomic mass is 16.5. The van der Waals surface area contributed by atoms with E-state index >= 15 is 0 Å². The molecule has 1 aliphatic heterocycles. The maximum atomic E-state index is 12.9. The lowest BCUT2D eigenvalue weighted by Crippen LogP contribution is -2.57. The van der Waals surface area contributed by atoms with Crippen LogP contribution >= 0.6 is 0 Å². The molecule has 4 rings (SSSR count). The highest BCUT2D eigenvalue weighted by molar-refractivity contribution is 5.86. The quantitative estimate of drug-likeness (QED) is 0.602. The lowest BCUT2D eigenvalue weighted by molar-refractivity contribution is -0.141. The van der Waals surface area contributed by atoms with Crippen LogP contribution in [0.1, 0.15) is 49.7 Å². The Labute approximate surface area is 193 Å². The highest BCUT2D eigenvalue weighted by Gasteiger charge is 2.35. The van der Waals surface area contributed by atoms with E-state index in [-0.39, 0.29) is 30.8 Å². The Morgan fingerprint density at radius 3 is 2.24 bits per heavy atom. The largest absolute Gasteiger partial charge is 0.481 e. The van der Waals surface area contributed by atoms with Gasteiger partial charge in [0.05, 0.1) is 0 Å². The number of carboxylic acids is 1. The first-order valence-electron chi connectivity index (χ1n) is 11.6. The van der Waals surface area contributed by atoms with Crippen LogP contribution in [-0.2, 0) is 14.3 Å². The van der Waals surface area contributed by atoms with Crippen LogP contribution in [0.2, 0.25) is 0 Å². The number of carbonyl (C=O) groups is 3. The average molecular weight is 451 g/mol. The number of alkyl carbamates (subject to hydrolysis) is 1. The third-order valence-electron chi connectivity index (χ3n) is 6.55. The third-order valence-corrected chi connectivity index (χ3v) is 6.55. The SMILES string of the molecule is CCC[C@H](NC(=O)OCC1c2ccccc2-c2ccccc21)C(=O)N1CC(CCC(=O)O)C1. The van der Waals surface area contributed by atoms with E-state index < -0.39 is 18.1 Å². The second-order valence-corrected chi connectivity index (χ2v) is 8.85. The van der Waals surface area contributed by atoms with Crippen molar-refractivity contribution in [2.24, 2.45) is 5.92 Å². The number of ether oxygens (including phenoxy) is 1. The van der Waals surface area contributed by atoms with Gasteiger partial charge in [-0.05, 0) is 41.0 Å². The molecule has 0 spiro atoms. The summed E-state index contributed by atoms with van der Waals surface area (Å²) in [5, 5.41) is 11.6. The lowest BCUT2D eigenvalue weighted by Gasteiger charge is -2.41. The first-order chi connectivity index (χ1) is 16.0. The summed E-state index contributed by atoms with van der Waals surface area (Å²) in [5.41, 5.74) is 4.61. The van der Waals surface area contributed by atoms with Gasteiger partial charge in [0.1, 0.15) is 12.6 Å². The molecule has 7 nitrogen and oxygen atoms in total. The molecule has 1 saturated heterocycles. The number of nitrogens with zero attached hydrogens (tertiary/aromatic N) is 1. The van der Waals surface area contributed by atoms with Crippen LogP contribution in [0, 0.1) is 5.92 Å². The Hall–Kier alpha value is -3.35. The van der Waals surface area contributed by atoms with E-state index in [1.807, 2.05) is 31.2 Å². The van der Waals surface area contributed by atoms with Crippen molar-refractivity contribution in [1.29, 1.82) is 0 Å². The summed E-state index contributed by atoms with van der Waals surface area (Å²) in [4.78, 5) is 37.9. The van der Waals surface area contributed by atoms with Crippen molar-refractivity contribution in [3.8, 4) is 11.1 Å². The van der Waals surface area contributed by atoms with Crippen molar-refractivity contribution in [3.05, 3.63) is 59.7 Å². The van der Waals surface area contributed by atoms with Crippen LogP contribution in [0.3, 0.4) is 0 Å². The molecule has 0 aromatic heterocycles. The number of benzene rings is 2.